The van der Waals surface area contributed by atoms with E-state index in [2.05, 4.69) is 20.9 Å². The maximum atomic E-state index is 14.5. The highest BCUT2D eigenvalue weighted by molar-refractivity contribution is 6.03. The first kappa shape index (κ1) is 30.7. The summed E-state index contributed by atoms with van der Waals surface area (Å²) in [6.07, 6.45) is 1.68. The van der Waals surface area contributed by atoms with Crippen molar-refractivity contribution in [3.05, 3.63) is 95.3 Å². The van der Waals surface area contributed by atoms with Gasteiger partial charge >= 0.3 is 6.18 Å². The van der Waals surface area contributed by atoms with E-state index in [1.54, 1.807) is 54.6 Å². The van der Waals surface area contributed by atoms with Crippen molar-refractivity contribution in [1.29, 1.82) is 0 Å². The van der Waals surface area contributed by atoms with E-state index in [-0.39, 0.29) is 11.6 Å². The number of benzene rings is 3. The summed E-state index contributed by atoms with van der Waals surface area (Å²) >= 11 is 0. The van der Waals surface area contributed by atoms with Gasteiger partial charge in [0.05, 0.1) is 22.6 Å². The number of alkyl halides is 3. The van der Waals surface area contributed by atoms with Crippen molar-refractivity contribution >= 4 is 35.0 Å². The van der Waals surface area contributed by atoms with E-state index >= 15 is 0 Å². The van der Waals surface area contributed by atoms with Crippen molar-refractivity contribution in [2.75, 3.05) is 42.5 Å². The molecule has 1 aliphatic heterocycles. The van der Waals surface area contributed by atoms with Gasteiger partial charge in [-0.1, -0.05) is 42.8 Å². The summed E-state index contributed by atoms with van der Waals surface area (Å²) in [6.45, 7) is 3.12. The topological polar surface area (TPSA) is 99.5 Å². The van der Waals surface area contributed by atoms with E-state index in [0.717, 1.165) is 38.1 Å². The van der Waals surface area contributed by atoms with Gasteiger partial charge < -0.3 is 26.6 Å². The van der Waals surface area contributed by atoms with Crippen LogP contribution in [0.4, 0.5) is 34.6 Å². The Hall–Kier alpha value is -4.22. The highest BCUT2D eigenvalue weighted by Gasteiger charge is 2.31. The normalized spacial score (nSPS) is 15.0. The van der Waals surface area contributed by atoms with Crippen molar-refractivity contribution in [3.63, 3.8) is 0 Å². The SMILES string of the molecule is Nc1ccccc1NC(=O)/C=C/c1ccc(C(NCCN2CCCCC2)C(=O)Nc2ccc(C(F)(F)F)cc2F)cc1. The van der Waals surface area contributed by atoms with Crippen molar-refractivity contribution in [2.45, 2.75) is 31.5 Å². The first-order chi connectivity index (χ1) is 20.1. The molecule has 0 spiro atoms. The number of piperidine rings is 1. The number of carbonyl (C=O) groups is 2. The van der Waals surface area contributed by atoms with Gasteiger partial charge in [0.15, 0.2) is 0 Å². The van der Waals surface area contributed by atoms with E-state index in [0.29, 0.717) is 41.7 Å². The molecule has 0 aromatic heterocycles. The van der Waals surface area contributed by atoms with Gasteiger partial charge in [0.25, 0.3) is 0 Å². The predicted molar refractivity (Wildman–Crippen MR) is 156 cm³/mol. The van der Waals surface area contributed by atoms with Crippen molar-refractivity contribution < 1.29 is 27.2 Å². The summed E-state index contributed by atoms with van der Waals surface area (Å²) in [5.41, 5.74) is 6.57. The molecule has 1 unspecified atom stereocenters. The smallest absolute Gasteiger partial charge is 0.397 e. The number of likely N-dealkylation sites (tertiary alicyclic amines) is 1. The van der Waals surface area contributed by atoms with Gasteiger partial charge in [-0.05, 0) is 73.5 Å². The van der Waals surface area contributed by atoms with Crippen molar-refractivity contribution in [1.82, 2.24) is 10.2 Å². The number of nitrogen functional groups attached to an aromatic ring is 1. The molecule has 3 aromatic carbocycles. The zero-order chi connectivity index (χ0) is 30.1. The highest BCUT2D eigenvalue weighted by Crippen LogP contribution is 2.31. The van der Waals surface area contributed by atoms with Gasteiger partial charge in [-0.15, -0.1) is 0 Å². The van der Waals surface area contributed by atoms with Crippen LogP contribution in [-0.4, -0.2) is 42.9 Å². The molecule has 0 radical (unpaired) electrons. The molecule has 1 heterocycles. The Morgan fingerprint density at radius 3 is 2.31 bits per heavy atom. The Bertz CT molecular complexity index is 1400. The number of nitrogens with one attached hydrogen (secondary N) is 3. The van der Waals surface area contributed by atoms with E-state index in [1.807, 2.05) is 0 Å². The molecule has 0 bridgehead atoms. The Morgan fingerprint density at radius 1 is 0.929 bits per heavy atom. The lowest BCUT2D eigenvalue weighted by atomic mass is 10.0. The average Bonchev–Trinajstić information content (AvgIpc) is 2.97. The molecule has 3 aromatic rings. The molecule has 1 aliphatic rings. The molecule has 0 saturated carbocycles. The Kier molecular flexibility index (Phi) is 10.3. The number of hydrogen-bond acceptors (Lipinski definition) is 5. The molecule has 5 N–H and O–H groups in total. The number of para-hydroxylation sites is 2. The zero-order valence-corrected chi connectivity index (χ0v) is 22.9. The third kappa shape index (κ3) is 8.64. The summed E-state index contributed by atoms with van der Waals surface area (Å²) in [4.78, 5) is 27.9. The molecule has 4 rings (SSSR count). The second kappa shape index (κ2) is 14.1. The molecular weight excluding hydrogens is 550 g/mol. The first-order valence-corrected chi connectivity index (χ1v) is 13.7. The van der Waals surface area contributed by atoms with Crippen LogP contribution in [0.2, 0.25) is 0 Å². The molecule has 1 saturated heterocycles. The van der Waals surface area contributed by atoms with E-state index in [4.69, 9.17) is 5.73 Å². The quantitative estimate of drug-likeness (QED) is 0.137. The number of amides is 2. The van der Waals surface area contributed by atoms with Gasteiger partial charge in [0.1, 0.15) is 11.9 Å². The number of carbonyl (C=O) groups excluding carboxylic acids is 2. The van der Waals surface area contributed by atoms with Crippen molar-refractivity contribution in [2.24, 2.45) is 0 Å². The minimum absolute atomic E-state index is 0.347. The molecule has 1 fully saturated rings. The van der Waals surface area contributed by atoms with E-state index in [1.165, 1.54) is 12.5 Å². The number of halogens is 4. The van der Waals surface area contributed by atoms with Crippen molar-refractivity contribution in [3.8, 4) is 0 Å². The second-order valence-corrected chi connectivity index (χ2v) is 10.0. The van der Waals surface area contributed by atoms with Gasteiger partial charge in [-0.25, -0.2) is 4.39 Å². The molecule has 7 nitrogen and oxygen atoms in total. The van der Waals surface area contributed by atoms with Crippen LogP contribution in [0, 0.1) is 5.82 Å². The molecular formula is C31H33F4N5O2. The summed E-state index contributed by atoms with van der Waals surface area (Å²) in [5.74, 6) is -2.16. The summed E-state index contributed by atoms with van der Waals surface area (Å²) in [5, 5.41) is 8.34. The van der Waals surface area contributed by atoms with Gasteiger partial charge in [0, 0.05) is 19.2 Å². The highest BCUT2D eigenvalue weighted by atomic mass is 19.4. The van der Waals surface area contributed by atoms with Crippen LogP contribution in [0.3, 0.4) is 0 Å². The van der Waals surface area contributed by atoms with Crippen LogP contribution < -0.4 is 21.7 Å². The summed E-state index contributed by atoms with van der Waals surface area (Å²) < 4.78 is 53.3. The largest absolute Gasteiger partial charge is 0.416 e. The van der Waals surface area contributed by atoms with Crippen LogP contribution in [0.25, 0.3) is 6.08 Å². The second-order valence-electron chi connectivity index (χ2n) is 10.0. The van der Waals surface area contributed by atoms with Crippen LogP contribution in [0.15, 0.2) is 72.8 Å². The maximum Gasteiger partial charge on any atom is 0.416 e. The zero-order valence-electron chi connectivity index (χ0n) is 22.9. The fraction of sp³-hybridized carbons (Fsp3) is 0.290. The molecule has 222 valence electrons. The minimum Gasteiger partial charge on any atom is -0.397 e. The first-order valence-electron chi connectivity index (χ1n) is 13.7. The Morgan fingerprint density at radius 2 is 1.64 bits per heavy atom. The predicted octanol–water partition coefficient (Wildman–Crippen LogP) is 5.83. The fourth-order valence-electron chi connectivity index (χ4n) is 4.67. The number of rotatable bonds is 10. The summed E-state index contributed by atoms with van der Waals surface area (Å²) in [6, 6.07) is 14.8. The van der Waals surface area contributed by atoms with Crippen LogP contribution >= 0.6 is 0 Å². The number of anilines is 3. The Labute approximate surface area is 241 Å². The molecule has 1 atom stereocenters. The van der Waals surface area contributed by atoms with E-state index < -0.39 is 29.5 Å². The summed E-state index contributed by atoms with van der Waals surface area (Å²) in [7, 11) is 0. The van der Waals surface area contributed by atoms with Crippen LogP contribution in [0.1, 0.15) is 42.0 Å². The third-order valence-electron chi connectivity index (χ3n) is 6.96. The molecule has 11 heteroatoms. The lowest BCUT2D eigenvalue weighted by molar-refractivity contribution is -0.137. The monoisotopic (exact) mass is 583 g/mol. The molecule has 2 amide bonds. The lowest BCUT2D eigenvalue weighted by Gasteiger charge is -2.27. The molecule has 42 heavy (non-hydrogen) atoms. The molecule has 0 aliphatic carbocycles. The maximum absolute atomic E-state index is 14.5. The number of nitrogens with two attached hydrogens (primary N) is 1. The third-order valence-corrected chi connectivity index (χ3v) is 6.96. The van der Waals surface area contributed by atoms with Crippen LogP contribution in [0.5, 0.6) is 0 Å². The van der Waals surface area contributed by atoms with E-state index in [9.17, 15) is 27.2 Å². The van der Waals surface area contributed by atoms with Gasteiger partial charge in [-0.2, -0.15) is 13.2 Å². The number of hydrogen-bond donors (Lipinski definition) is 4. The van der Waals surface area contributed by atoms with Gasteiger partial charge in [-0.3, -0.25) is 9.59 Å². The lowest BCUT2D eigenvalue weighted by Crippen LogP contribution is -2.40. The minimum atomic E-state index is -4.70. The Balaban J connectivity index is 1.46. The number of nitrogens with zero attached hydrogens (tertiary/aromatic N) is 1. The standard InChI is InChI=1S/C31H33F4N5O2/c32-24-20-23(31(33,34)35)13-14-26(24)39-30(42)29(37-16-19-40-17-4-1-5-18-40)22-11-8-21(9-12-22)10-15-28(41)38-27-7-3-2-6-25(27)36/h2-3,6-15,20,29,37H,1,4-5,16-19,36H2,(H,38,41)(H,39,42)/b15-10+. The van der Waals surface area contributed by atoms with Gasteiger partial charge in [0.2, 0.25) is 11.8 Å². The fourth-order valence-corrected chi connectivity index (χ4v) is 4.67. The average molecular weight is 584 g/mol. The van der Waals surface area contributed by atoms with Crippen LogP contribution in [-0.2, 0) is 15.8 Å².